The van der Waals surface area contributed by atoms with Gasteiger partial charge in [-0.1, -0.05) is 25.1 Å². The Bertz CT molecular complexity index is 617. The predicted octanol–water partition coefficient (Wildman–Crippen LogP) is 3.17. The third kappa shape index (κ3) is 2.90. The highest BCUT2D eigenvalue weighted by molar-refractivity contribution is 5.65. The molecule has 0 spiro atoms. The Morgan fingerprint density at radius 2 is 2.15 bits per heavy atom. The molecule has 0 fully saturated rings. The van der Waals surface area contributed by atoms with Gasteiger partial charge in [0.1, 0.15) is 5.82 Å². The Balaban J connectivity index is 2.29. The van der Waals surface area contributed by atoms with Crippen molar-refractivity contribution < 1.29 is 9.53 Å². The summed E-state index contributed by atoms with van der Waals surface area (Å²) in [5.41, 5.74) is 3.80. The first-order chi connectivity index (χ1) is 9.50. The lowest BCUT2D eigenvalue weighted by Gasteiger charge is -2.17. The topological polar surface area (TPSA) is 44.1 Å². The fourth-order valence-electron chi connectivity index (χ4n) is 2.35. The molecule has 2 rings (SSSR count). The van der Waals surface area contributed by atoms with E-state index in [4.69, 9.17) is 4.74 Å². The van der Waals surface area contributed by atoms with E-state index >= 15 is 0 Å². The molecule has 106 valence electrons. The Labute approximate surface area is 119 Å². The highest BCUT2D eigenvalue weighted by Gasteiger charge is 2.17. The van der Waals surface area contributed by atoms with Gasteiger partial charge in [-0.05, 0) is 30.5 Å². The van der Waals surface area contributed by atoms with Crippen molar-refractivity contribution in [1.82, 2.24) is 9.55 Å². The molecular formula is C16H20N2O2. The predicted molar refractivity (Wildman–Crippen MR) is 77.4 cm³/mol. The van der Waals surface area contributed by atoms with E-state index in [1.54, 1.807) is 6.20 Å². The zero-order valence-corrected chi connectivity index (χ0v) is 12.4. The van der Waals surface area contributed by atoms with Crippen molar-refractivity contribution in [2.45, 2.75) is 40.3 Å². The molecule has 0 aliphatic rings. The monoisotopic (exact) mass is 272 g/mol. The quantitative estimate of drug-likeness (QED) is 0.803. The van der Waals surface area contributed by atoms with Gasteiger partial charge in [-0.25, -0.2) is 4.98 Å². The number of carbonyl (C=O) groups excluding carboxylic acids is 1. The highest BCUT2D eigenvalue weighted by atomic mass is 16.5. The number of hydrogen-bond acceptors (Lipinski definition) is 3. The first kappa shape index (κ1) is 14.3. The van der Waals surface area contributed by atoms with Gasteiger partial charge in [-0.15, -0.1) is 0 Å². The van der Waals surface area contributed by atoms with Crippen molar-refractivity contribution in [3.8, 4) is 0 Å². The fraction of sp³-hybridized carbons (Fsp3) is 0.375. The standard InChI is InChI=1S/C16H20N2O2/c1-11-6-5-7-15(12(11)2)13(3)16-17-8-9-18(16)10-20-14(4)19/h5-9,13H,10H2,1-4H3/t13-/m0/s1. The van der Waals surface area contributed by atoms with Crippen LogP contribution in [0, 0.1) is 13.8 Å². The molecule has 0 bridgehead atoms. The third-order valence-corrected chi connectivity index (χ3v) is 3.65. The Hall–Kier alpha value is -2.10. The summed E-state index contributed by atoms with van der Waals surface area (Å²) in [6.45, 7) is 7.97. The fourth-order valence-corrected chi connectivity index (χ4v) is 2.35. The lowest BCUT2D eigenvalue weighted by molar-refractivity contribution is -0.144. The van der Waals surface area contributed by atoms with E-state index in [0.717, 1.165) is 5.82 Å². The van der Waals surface area contributed by atoms with E-state index in [9.17, 15) is 4.79 Å². The number of nitrogens with zero attached hydrogens (tertiary/aromatic N) is 2. The normalized spacial score (nSPS) is 12.2. The molecular weight excluding hydrogens is 252 g/mol. The van der Waals surface area contributed by atoms with Crippen molar-refractivity contribution in [2.24, 2.45) is 0 Å². The first-order valence-electron chi connectivity index (χ1n) is 6.71. The Morgan fingerprint density at radius 3 is 2.85 bits per heavy atom. The summed E-state index contributed by atoms with van der Waals surface area (Å²) in [5.74, 6) is 0.768. The maximum absolute atomic E-state index is 10.9. The van der Waals surface area contributed by atoms with Crippen molar-refractivity contribution >= 4 is 5.97 Å². The third-order valence-electron chi connectivity index (χ3n) is 3.65. The van der Waals surface area contributed by atoms with Gasteiger partial charge in [0.05, 0.1) is 0 Å². The number of hydrogen-bond donors (Lipinski definition) is 0. The van der Waals surface area contributed by atoms with Crippen LogP contribution in [0.15, 0.2) is 30.6 Å². The second-order valence-electron chi connectivity index (χ2n) is 5.03. The molecule has 0 aliphatic heterocycles. The zero-order chi connectivity index (χ0) is 14.7. The molecule has 20 heavy (non-hydrogen) atoms. The number of carbonyl (C=O) groups is 1. The summed E-state index contributed by atoms with van der Waals surface area (Å²) >= 11 is 0. The first-order valence-corrected chi connectivity index (χ1v) is 6.71. The van der Waals surface area contributed by atoms with E-state index in [1.807, 2.05) is 10.8 Å². The summed E-state index contributed by atoms with van der Waals surface area (Å²) in [4.78, 5) is 15.3. The molecule has 0 unspecified atom stereocenters. The molecule has 0 amide bonds. The van der Waals surface area contributed by atoms with Gasteiger partial charge < -0.3 is 9.30 Å². The molecule has 0 aliphatic carbocycles. The van der Waals surface area contributed by atoms with Crippen LogP contribution in [0.5, 0.6) is 0 Å². The SMILES string of the molecule is CC(=O)OCn1ccnc1[C@@H](C)c1cccc(C)c1C. The second kappa shape index (κ2) is 5.90. The molecule has 1 aromatic carbocycles. The maximum Gasteiger partial charge on any atom is 0.304 e. The highest BCUT2D eigenvalue weighted by Crippen LogP contribution is 2.27. The average Bonchev–Trinajstić information content (AvgIpc) is 2.87. The largest absolute Gasteiger partial charge is 0.444 e. The van der Waals surface area contributed by atoms with Crippen LogP contribution in [0.1, 0.15) is 42.3 Å². The summed E-state index contributed by atoms with van der Waals surface area (Å²) in [6.07, 6.45) is 3.57. The van der Waals surface area contributed by atoms with Gasteiger partial charge in [0.15, 0.2) is 6.73 Å². The van der Waals surface area contributed by atoms with Crippen LogP contribution in [-0.2, 0) is 16.3 Å². The van der Waals surface area contributed by atoms with Crippen LogP contribution in [0.3, 0.4) is 0 Å². The molecule has 1 heterocycles. The minimum Gasteiger partial charge on any atom is -0.444 e. The number of rotatable bonds is 4. The average molecular weight is 272 g/mol. The van der Waals surface area contributed by atoms with E-state index < -0.39 is 0 Å². The second-order valence-corrected chi connectivity index (χ2v) is 5.03. The van der Waals surface area contributed by atoms with Crippen molar-refractivity contribution in [3.05, 3.63) is 53.1 Å². The van der Waals surface area contributed by atoms with Crippen LogP contribution in [0.4, 0.5) is 0 Å². The summed E-state index contributed by atoms with van der Waals surface area (Å²) in [5, 5.41) is 0. The van der Waals surface area contributed by atoms with Crippen molar-refractivity contribution in [2.75, 3.05) is 0 Å². The minimum absolute atomic E-state index is 0.153. The van der Waals surface area contributed by atoms with Crippen LogP contribution < -0.4 is 0 Å². The molecule has 0 saturated heterocycles. The van der Waals surface area contributed by atoms with Gasteiger partial charge in [0.2, 0.25) is 0 Å². The van der Waals surface area contributed by atoms with Crippen LogP contribution in [0.25, 0.3) is 0 Å². The zero-order valence-electron chi connectivity index (χ0n) is 12.4. The number of aryl methyl sites for hydroxylation is 1. The molecule has 0 N–H and O–H groups in total. The Kier molecular flexibility index (Phi) is 4.23. The van der Waals surface area contributed by atoms with Crippen molar-refractivity contribution in [3.63, 3.8) is 0 Å². The Morgan fingerprint density at radius 1 is 1.40 bits per heavy atom. The molecule has 4 nitrogen and oxygen atoms in total. The van der Waals surface area contributed by atoms with Gasteiger partial charge in [0, 0.05) is 25.2 Å². The molecule has 0 saturated carbocycles. The van der Waals surface area contributed by atoms with E-state index in [2.05, 4.69) is 44.0 Å². The number of aromatic nitrogens is 2. The molecule has 1 aromatic heterocycles. The van der Waals surface area contributed by atoms with E-state index in [1.165, 1.54) is 23.6 Å². The lowest BCUT2D eigenvalue weighted by atomic mass is 9.93. The van der Waals surface area contributed by atoms with Gasteiger partial charge in [0.25, 0.3) is 0 Å². The summed E-state index contributed by atoms with van der Waals surface area (Å²) < 4.78 is 6.92. The molecule has 1 atom stereocenters. The van der Waals surface area contributed by atoms with Crippen LogP contribution in [-0.4, -0.2) is 15.5 Å². The smallest absolute Gasteiger partial charge is 0.304 e. The molecule has 2 aromatic rings. The summed E-state index contributed by atoms with van der Waals surface area (Å²) in [6, 6.07) is 6.29. The molecule has 4 heteroatoms. The minimum atomic E-state index is -0.288. The van der Waals surface area contributed by atoms with Gasteiger partial charge in [-0.2, -0.15) is 0 Å². The van der Waals surface area contributed by atoms with Crippen molar-refractivity contribution in [1.29, 1.82) is 0 Å². The van der Waals surface area contributed by atoms with Gasteiger partial charge in [-0.3, -0.25) is 4.79 Å². The number of benzene rings is 1. The summed E-state index contributed by atoms with van der Waals surface area (Å²) in [7, 11) is 0. The lowest BCUT2D eigenvalue weighted by Crippen LogP contribution is -2.12. The van der Waals surface area contributed by atoms with Crippen LogP contribution >= 0.6 is 0 Å². The van der Waals surface area contributed by atoms with Gasteiger partial charge >= 0.3 is 5.97 Å². The van der Waals surface area contributed by atoms with E-state index in [0.29, 0.717) is 0 Å². The maximum atomic E-state index is 10.9. The number of imidazole rings is 1. The number of esters is 1. The molecule has 0 radical (unpaired) electrons. The van der Waals surface area contributed by atoms with Crippen LogP contribution in [0.2, 0.25) is 0 Å². The number of ether oxygens (including phenoxy) is 1. The van der Waals surface area contributed by atoms with E-state index in [-0.39, 0.29) is 18.6 Å².